The van der Waals surface area contributed by atoms with Crippen molar-refractivity contribution in [3.63, 3.8) is 0 Å². The van der Waals surface area contributed by atoms with Crippen LogP contribution in [0.3, 0.4) is 0 Å². The van der Waals surface area contributed by atoms with E-state index in [1.807, 2.05) is 12.3 Å². The van der Waals surface area contributed by atoms with Gasteiger partial charge in [0.2, 0.25) is 0 Å². The lowest BCUT2D eigenvalue weighted by atomic mass is 10.1. The summed E-state index contributed by atoms with van der Waals surface area (Å²) in [5, 5.41) is 3.41. The summed E-state index contributed by atoms with van der Waals surface area (Å²) in [7, 11) is 0. The number of anilines is 1. The summed E-state index contributed by atoms with van der Waals surface area (Å²) in [5.74, 6) is 1.66. The van der Waals surface area contributed by atoms with Gasteiger partial charge in [0.15, 0.2) is 5.96 Å². The van der Waals surface area contributed by atoms with Crippen molar-refractivity contribution in [2.45, 2.75) is 70.4 Å². The third-order valence-electron chi connectivity index (χ3n) is 5.13. The van der Waals surface area contributed by atoms with Crippen LogP contribution in [0.4, 0.5) is 5.82 Å². The fourth-order valence-electron chi connectivity index (χ4n) is 3.71. The van der Waals surface area contributed by atoms with E-state index in [-0.39, 0.29) is 24.0 Å². The van der Waals surface area contributed by atoms with Gasteiger partial charge in [-0.05, 0) is 49.8 Å². The fourth-order valence-corrected chi connectivity index (χ4v) is 3.71. The lowest BCUT2D eigenvalue weighted by Gasteiger charge is -2.27. The predicted molar refractivity (Wildman–Crippen MR) is 116 cm³/mol. The number of hydrogen-bond acceptors (Lipinski definition) is 3. The van der Waals surface area contributed by atoms with Gasteiger partial charge in [-0.1, -0.05) is 25.7 Å². The van der Waals surface area contributed by atoms with Crippen LogP contribution in [0, 0.1) is 0 Å². The van der Waals surface area contributed by atoms with Gasteiger partial charge in [-0.2, -0.15) is 0 Å². The van der Waals surface area contributed by atoms with Crippen molar-refractivity contribution in [1.29, 1.82) is 0 Å². The number of aliphatic imine (C=N–C) groups is 1. The van der Waals surface area contributed by atoms with Gasteiger partial charge in [0.25, 0.3) is 0 Å². The van der Waals surface area contributed by atoms with E-state index in [0.29, 0.717) is 18.5 Å². The molecule has 1 saturated heterocycles. The molecule has 140 valence electrons. The van der Waals surface area contributed by atoms with Crippen LogP contribution >= 0.6 is 24.0 Å². The molecule has 1 aliphatic carbocycles. The quantitative estimate of drug-likeness (QED) is 0.312. The SMILES string of the molecule is I.NC(=NCc1ccnc(N2CCCCC2)c1)NC1CCCCCC1. The lowest BCUT2D eigenvalue weighted by Crippen LogP contribution is -2.39. The largest absolute Gasteiger partial charge is 0.370 e. The molecule has 0 spiro atoms. The first-order chi connectivity index (χ1) is 11.8. The van der Waals surface area contributed by atoms with Gasteiger partial charge in [-0.15, -0.1) is 24.0 Å². The molecule has 0 unspecified atom stereocenters. The Morgan fingerprint density at radius 2 is 1.80 bits per heavy atom. The number of hydrogen-bond donors (Lipinski definition) is 2. The molecule has 25 heavy (non-hydrogen) atoms. The predicted octanol–water partition coefficient (Wildman–Crippen LogP) is 3.82. The van der Waals surface area contributed by atoms with Crippen LogP contribution in [-0.2, 0) is 6.54 Å². The van der Waals surface area contributed by atoms with E-state index in [4.69, 9.17) is 5.73 Å². The lowest BCUT2D eigenvalue weighted by molar-refractivity contribution is 0.530. The third kappa shape index (κ3) is 6.64. The molecule has 1 aromatic rings. The highest BCUT2D eigenvalue weighted by atomic mass is 127. The molecular formula is C19H32IN5. The molecule has 0 aromatic carbocycles. The Morgan fingerprint density at radius 1 is 1.12 bits per heavy atom. The van der Waals surface area contributed by atoms with Crippen LogP contribution < -0.4 is 16.0 Å². The normalized spacial score (nSPS) is 19.8. The summed E-state index contributed by atoms with van der Waals surface area (Å²) in [4.78, 5) is 11.4. The average molecular weight is 457 g/mol. The highest BCUT2D eigenvalue weighted by Gasteiger charge is 2.13. The fraction of sp³-hybridized carbons (Fsp3) is 0.684. The van der Waals surface area contributed by atoms with Crippen LogP contribution in [0.2, 0.25) is 0 Å². The number of nitrogens with zero attached hydrogens (tertiary/aromatic N) is 3. The molecule has 0 radical (unpaired) electrons. The van der Waals surface area contributed by atoms with Gasteiger partial charge in [-0.25, -0.2) is 9.98 Å². The molecule has 1 aliphatic heterocycles. The van der Waals surface area contributed by atoms with Crippen LogP contribution in [0.5, 0.6) is 0 Å². The number of nitrogens with two attached hydrogens (primary N) is 1. The average Bonchev–Trinajstić information content (AvgIpc) is 2.90. The molecule has 0 bridgehead atoms. The molecule has 2 aliphatic rings. The number of aromatic nitrogens is 1. The number of guanidine groups is 1. The Kier molecular flexibility index (Phi) is 8.78. The summed E-state index contributed by atoms with van der Waals surface area (Å²) < 4.78 is 0. The number of rotatable bonds is 4. The van der Waals surface area contributed by atoms with E-state index in [1.54, 1.807) is 0 Å². The Hall–Kier alpha value is -1.05. The maximum absolute atomic E-state index is 6.10. The molecule has 0 atom stereocenters. The Bertz CT molecular complexity index is 534. The van der Waals surface area contributed by atoms with Crippen LogP contribution in [0.1, 0.15) is 63.4 Å². The number of halogens is 1. The van der Waals surface area contributed by atoms with Crippen molar-refractivity contribution in [2.75, 3.05) is 18.0 Å². The van der Waals surface area contributed by atoms with Crippen LogP contribution in [0.25, 0.3) is 0 Å². The zero-order valence-corrected chi connectivity index (χ0v) is 17.5. The molecule has 3 rings (SSSR count). The van der Waals surface area contributed by atoms with Crippen LogP contribution in [0.15, 0.2) is 23.3 Å². The van der Waals surface area contributed by atoms with Crippen LogP contribution in [-0.4, -0.2) is 30.1 Å². The van der Waals surface area contributed by atoms with E-state index < -0.39 is 0 Å². The summed E-state index contributed by atoms with van der Waals surface area (Å²) >= 11 is 0. The van der Waals surface area contributed by atoms with Gasteiger partial charge >= 0.3 is 0 Å². The maximum Gasteiger partial charge on any atom is 0.189 e. The summed E-state index contributed by atoms with van der Waals surface area (Å²) in [6, 6.07) is 4.70. The minimum atomic E-state index is 0. The molecule has 0 amide bonds. The van der Waals surface area contributed by atoms with Gasteiger partial charge in [-0.3, -0.25) is 0 Å². The summed E-state index contributed by atoms with van der Waals surface area (Å²) in [6.07, 6.45) is 13.5. The highest BCUT2D eigenvalue weighted by molar-refractivity contribution is 14.0. The standard InChI is InChI=1S/C19H31N5.HI/c20-19(23-17-8-4-1-2-5-9-17)22-15-16-10-11-21-18(14-16)24-12-6-3-7-13-24;/h10-11,14,17H,1-9,12-13,15H2,(H3,20,22,23);1H. The third-order valence-corrected chi connectivity index (χ3v) is 5.13. The Labute approximate surface area is 168 Å². The first-order valence-corrected chi connectivity index (χ1v) is 9.57. The second-order valence-electron chi connectivity index (χ2n) is 7.10. The van der Waals surface area contributed by atoms with Crippen molar-refractivity contribution in [2.24, 2.45) is 10.7 Å². The molecule has 5 nitrogen and oxygen atoms in total. The van der Waals surface area contributed by atoms with Gasteiger partial charge in [0.1, 0.15) is 5.82 Å². The smallest absolute Gasteiger partial charge is 0.189 e. The van der Waals surface area contributed by atoms with Crippen molar-refractivity contribution in [3.8, 4) is 0 Å². The van der Waals surface area contributed by atoms with Gasteiger partial charge in [0.05, 0.1) is 6.54 Å². The Balaban J connectivity index is 0.00000225. The van der Waals surface area contributed by atoms with Crippen molar-refractivity contribution < 1.29 is 0 Å². The van der Waals surface area contributed by atoms with E-state index in [9.17, 15) is 0 Å². The van der Waals surface area contributed by atoms with Crippen molar-refractivity contribution in [3.05, 3.63) is 23.9 Å². The molecule has 6 heteroatoms. The summed E-state index contributed by atoms with van der Waals surface area (Å²) in [5.41, 5.74) is 7.27. The minimum absolute atomic E-state index is 0. The number of nitrogens with one attached hydrogen (secondary N) is 1. The first-order valence-electron chi connectivity index (χ1n) is 9.57. The molecule has 1 aromatic heterocycles. The van der Waals surface area contributed by atoms with E-state index in [1.165, 1.54) is 63.4 Å². The molecule has 3 N–H and O–H groups in total. The van der Waals surface area contributed by atoms with E-state index in [0.717, 1.165) is 18.9 Å². The number of piperidine rings is 1. The van der Waals surface area contributed by atoms with Crippen molar-refractivity contribution >= 4 is 35.8 Å². The molecular weight excluding hydrogens is 425 g/mol. The molecule has 2 fully saturated rings. The molecule has 1 saturated carbocycles. The highest BCUT2D eigenvalue weighted by Crippen LogP contribution is 2.19. The first kappa shape index (κ1) is 20.3. The number of pyridine rings is 1. The monoisotopic (exact) mass is 457 g/mol. The van der Waals surface area contributed by atoms with Crippen molar-refractivity contribution in [1.82, 2.24) is 10.3 Å². The zero-order valence-electron chi connectivity index (χ0n) is 15.1. The zero-order chi connectivity index (χ0) is 16.6. The van der Waals surface area contributed by atoms with E-state index >= 15 is 0 Å². The second-order valence-corrected chi connectivity index (χ2v) is 7.10. The minimum Gasteiger partial charge on any atom is -0.370 e. The van der Waals surface area contributed by atoms with Gasteiger partial charge in [0, 0.05) is 25.3 Å². The second kappa shape index (κ2) is 10.8. The topological polar surface area (TPSA) is 66.5 Å². The Morgan fingerprint density at radius 3 is 2.52 bits per heavy atom. The van der Waals surface area contributed by atoms with Gasteiger partial charge < -0.3 is 16.0 Å². The van der Waals surface area contributed by atoms with E-state index in [2.05, 4.69) is 26.3 Å². The summed E-state index contributed by atoms with van der Waals surface area (Å²) in [6.45, 7) is 2.85. The molecule has 2 heterocycles. The maximum atomic E-state index is 6.10.